The van der Waals surface area contributed by atoms with Gasteiger partial charge in [0.25, 0.3) is 0 Å². The number of nitrogens with zero attached hydrogens (tertiary/aromatic N) is 1. The first-order chi connectivity index (χ1) is 10.1. The van der Waals surface area contributed by atoms with Crippen molar-refractivity contribution in [1.29, 1.82) is 0 Å². The Morgan fingerprint density at radius 1 is 1.24 bits per heavy atom. The van der Waals surface area contributed by atoms with Gasteiger partial charge < -0.3 is 10.1 Å². The van der Waals surface area contributed by atoms with Crippen molar-refractivity contribution in [2.75, 3.05) is 32.8 Å². The molecule has 1 aliphatic heterocycles. The van der Waals surface area contributed by atoms with Crippen molar-refractivity contribution in [3.8, 4) is 0 Å². The second-order valence-corrected chi connectivity index (χ2v) is 7.83. The van der Waals surface area contributed by atoms with Crippen LogP contribution in [0.1, 0.15) is 43.0 Å². The average molecular weight is 311 g/mol. The molecule has 1 aliphatic rings. The molecule has 1 aromatic heterocycles. The normalized spacial score (nSPS) is 19.9. The van der Waals surface area contributed by atoms with E-state index in [1.165, 1.54) is 16.2 Å². The van der Waals surface area contributed by atoms with Crippen LogP contribution in [0.15, 0.2) is 12.1 Å². The van der Waals surface area contributed by atoms with Crippen LogP contribution >= 0.6 is 11.3 Å². The van der Waals surface area contributed by atoms with Crippen LogP contribution < -0.4 is 5.32 Å². The highest BCUT2D eigenvalue weighted by Crippen LogP contribution is 2.23. The van der Waals surface area contributed by atoms with E-state index in [9.17, 15) is 0 Å². The molecule has 1 N–H and O–H groups in total. The van der Waals surface area contributed by atoms with Crippen LogP contribution in [0.25, 0.3) is 0 Å². The Morgan fingerprint density at radius 2 is 1.95 bits per heavy atom. The fourth-order valence-corrected chi connectivity index (χ4v) is 3.85. The standard InChI is InChI=1S/C17H30N2OS/c1-13(2)11-16(19-7-9-20-10-8-19)12-18-15(4)17-6-5-14(3)21-17/h5-6,13,15-16,18H,7-12H2,1-4H3. The molecule has 0 bridgehead atoms. The molecule has 0 aliphatic carbocycles. The highest BCUT2D eigenvalue weighted by Gasteiger charge is 2.22. The Balaban J connectivity index is 1.88. The monoisotopic (exact) mass is 310 g/mol. The largest absolute Gasteiger partial charge is 0.379 e. The molecule has 1 fully saturated rings. The molecule has 0 radical (unpaired) electrons. The van der Waals surface area contributed by atoms with Gasteiger partial charge in [0, 0.05) is 41.5 Å². The zero-order valence-electron chi connectivity index (χ0n) is 13.9. The van der Waals surface area contributed by atoms with E-state index in [1.54, 1.807) is 0 Å². The van der Waals surface area contributed by atoms with Gasteiger partial charge in [-0.25, -0.2) is 0 Å². The van der Waals surface area contributed by atoms with Crippen molar-refractivity contribution in [3.05, 3.63) is 21.9 Å². The highest BCUT2D eigenvalue weighted by molar-refractivity contribution is 7.12. The number of hydrogen-bond acceptors (Lipinski definition) is 4. The summed E-state index contributed by atoms with van der Waals surface area (Å²) in [6.45, 7) is 14.1. The first kappa shape index (κ1) is 16.9. The third-order valence-electron chi connectivity index (χ3n) is 4.15. The maximum atomic E-state index is 5.49. The first-order valence-electron chi connectivity index (χ1n) is 8.17. The Labute approximate surface area is 133 Å². The van der Waals surface area contributed by atoms with Crippen LogP contribution in [0.2, 0.25) is 0 Å². The summed E-state index contributed by atoms with van der Waals surface area (Å²) in [4.78, 5) is 5.44. The number of morpholine rings is 1. The number of thiophene rings is 1. The van der Waals surface area contributed by atoms with Gasteiger partial charge >= 0.3 is 0 Å². The molecule has 2 rings (SSSR count). The zero-order chi connectivity index (χ0) is 15.2. The Bertz CT molecular complexity index is 413. The summed E-state index contributed by atoms with van der Waals surface area (Å²) >= 11 is 1.90. The molecule has 120 valence electrons. The summed E-state index contributed by atoms with van der Waals surface area (Å²) in [5, 5.41) is 3.74. The molecule has 3 nitrogen and oxygen atoms in total. The van der Waals surface area contributed by atoms with E-state index in [2.05, 4.69) is 50.0 Å². The molecule has 0 aromatic carbocycles. The van der Waals surface area contributed by atoms with Gasteiger partial charge in [-0.1, -0.05) is 13.8 Å². The average Bonchev–Trinajstić information content (AvgIpc) is 2.90. The van der Waals surface area contributed by atoms with Gasteiger partial charge in [0.05, 0.1) is 13.2 Å². The van der Waals surface area contributed by atoms with Crippen molar-refractivity contribution in [2.45, 2.75) is 46.2 Å². The van der Waals surface area contributed by atoms with E-state index in [0.29, 0.717) is 12.1 Å². The Morgan fingerprint density at radius 3 is 2.52 bits per heavy atom. The Hall–Kier alpha value is -0.420. The predicted molar refractivity (Wildman–Crippen MR) is 91.1 cm³/mol. The van der Waals surface area contributed by atoms with Crippen LogP contribution in [0.3, 0.4) is 0 Å². The molecule has 2 heterocycles. The third-order valence-corrected chi connectivity index (χ3v) is 5.34. The van der Waals surface area contributed by atoms with Crippen LogP contribution in [-0.4, -0.2) is 43.8 Å². The van der Waals surface area contributed by atoms with E-state index in [0.717, 1.165) is 38.8 Å². The van der Waals surface area contributed by atoms with E-state index < -0.39 is 0 Å². The van der Waals surface area contributed by atoms with Crippen LogP contribution in [0, 0.1) is 12.8 Å². The summed E-state index contributed by atoms with van der Waals surface area (Å²) in [5.74, 6) is 0.735. The van der Waals surface area contributed by atoms with Gasteiger partial charge in [-0.15, -0.1) is 11.3 Å². The second-order valence-electron chi connectivity index (χ2n) is 6.51. The van der Waals surface area contributed by atoms with Gasteiger partial charge in [-0.2, -0.15) is 0 Å². The summed E-state index contributed by atoms with van der Waals surface area (Å²) in [5.41, 5.74) is 0. The lowest BCUT2D eigenvalue weighted by Gasteiger charge is -2.36. The summed E-state index contributed by atoms with van der Waals surface area (Å²) in [6, 6.07) is 5.53. The maximum Gasteiger partial charge on any atom is 0.0594 e. The van der Waals surface area contributed by atoms with Crippen LogP contribution in [-0.2, 0) is 4.74 Å². The van der Waals surface area contributed by atoms with Gasteiger partial charge in [0.15, 0.2) is 0 Å². The summed E-state index contributed by atoms with van der Waals surface area (Å²) in [7, 11) is 0. The third kappa shape index (κ3) is 5.37. The maximum absolute atomic E-state index is 5.49. The molecule has 2 unspecified atom stereocenters. The molecule has 0 saturated carbocycles. The zero-order valence-corrected chi connectivity index (χ0v) is 14.7. The SMILES string of the molecule is Cc1ccc(C(C)NCC(CC(C)C)N2CCOCC2)s1. The highest BCUT2D eigenvalue weighted by atomic mass is 32.1. The number of nitrogens with one attached hydrogen (secondary N) is 1. The summed E-state index contributed by atoms with van der Waals surface area (Å²) in [6.07, 6.45) is 1.25. The van der Waals surface area contributed by atoms with Gasteiger partial charge in [0.1, 0.15) is 0 Å². The van der Waals surface area contributed by atoms with E-state index in [-0.39, 0.29) is 0 Å². The van der Waals surface area contributed by atoms with E-state index >= 15 is 0 Å². The van der Waals surface area contributed by atoms with Crippen molar-refractivity contribution in [3.63, 3.8) is 0 Å². The fraction of sp³-hybridized carbons (Fsp3) is 0.765. The second kappa shape index (κ2) is 8.28. The number of aryl methyl sites for hydroxylation is 1. The van der Waals surface area contributed by atoms with E-state index in [1.807, 2.05) is 11.3 Å². The van der Waals surface area contributed by atoms with Crippen LogP contribution in [0.4, 0.5) is 0 Å². The molecule has 1 saturated heterocycles. The van der Waals surface area contributed by atoms with Gasteiger partial charge in [-0.3, -0.25) is 4.90 Å². The quantitative estimate of drug-likeness (QED) is 0.835. The lowest BCUT2D eigenvalue weighted by Crippen LogP contribution is -2.48. The minimum absolute atomic E-state index is 0.444. The molecule has 0 spiro atoms. The minimum atomic E-state index is 0.444. The minimum Gasteiger partial charge on any atom is -0.379 e. The summed E-state index contributed by atoms with van der Waals surface area (Å²) < 4.78 is 5.49. The van der Waals surface area contributed by atoms with Gasteiger partial charge in [-0.05, 0) is 38.3 Å². The molecular formula is C17H30N2OS. The smallest absolute Gasteiger partial charge is 0.0594 e. The topological polar surface area (TPSA) is 24.5 Å². The van der Waals surface area contributed by atoms with E-state index in [4.69, 9.17) is 4.74 Å². The first-order valence-corrected chi connectivity index (χ1v) is 8.99. The number of rotatable bonds is 7. The molecule has 0 amide bonds. The van der Waals surface area contributed by atoms with Crippen molar-refractivity contribution < 1.29 is 4.74 Å². The number of ether oxygens (including phenoxy) is 1. The Kier molecular flexibility index (Phi) is 6.68. The fourth-order valence-electron chi connectivity index (χ4n) is 2.95. The lowest BCUT2D eigenvalue weighted by atomic mass is 10.0. The molecule has 4 heteroatoms. The van der Waals surface area contributed by atoms with Crippen molar-refractivity contribution >= 4 is 11.3 Å². The van der Waals surface area contributed by atoms with Crippen LogP contribution in [0.5, 0.6) is 0 Å². The molecule has 2 atom stereocenters. The molecule has 1 aromatic rings. The molecule has 21 heavy (non-hydrogen) atoms. The van der Waals surface area contributed by atoms with Crippen molar-refractivity contribution in [2.24, 2.45) is 5.92 Å². The lowest BCUT2D eigenvalue weighted by molar-refractivity contribution is 0.0119. The predicted octanol–water partition coefficient (Wildman–Crippen LogP) is 3.45. The number of hydrogen-bond donors (Lipinski definition) is 1. The molecular weight excluding hydrogens is 280 g/mol. The van der Waals surface area contributed by atoms with Gasteiger partial charge in [0.2, 0.25) is 0 Å². The van der Waals surface area contributed by atoms with Crippen molar-refractivity contribution in [1.82, 2.24) is 10.2 Å².